The summed E-state index contributed by atoms with van der Waals surface area (Å²) in [4.78, 5) is 2.43. The van der Waals surface area contributed by atoms with E-state index >= 15 is 0 Å². The van der Waals surface area contributed by atoms with Crippen LogP contribution in [0.15, 0.2) is 12.7 Å². The molecule has 0 aromatic carbocycles. The molecule has 1 aliphatic heterocycles. The lowest BCUT2D eigenvalue weighted by molar-refractivity contribution is 0.179. The lowest BCUT2D eigenvalue weighted by Crippen LogP contribution is -2.55. The van der Waals surface area contributed by atoms with Gasteiger partial charge in [0.25, 0.3) is 0 Å². The van der Waals surface area contributed by atoms with Gasteiger partial charge < -0.3 is 10.2 Å². The molecule has 1 heterocycles. The Morgan fingerprint density at radius 2 is 2.36 bits per heavy atom. The fourth-order valence-corrected chi connectivity index (χ4v) is 1.25. The standard InChI is InChI=1S/C9H18N2/c1-3-4-5-6-11(2)9-7-10-8-9/h3,9-10H,1,4-8H2,2H3. The SMILES string of the molecule is C=CCCCN(C)C1CNC1. The molecule has 0 bridgehead atoms. The molecule has 1 N–H and O–H groups in total. The van der Waals surface area contributed by atoms with E-state index in [9.17, 15) is 0 Å². The van der Waals surface area contributed by atoms with Gasteiger partial charge in [0, 0.05) is 19.1 Å². The Morgan fingerprint density at radius 1 is 1.64 bits per heavy atom. The third kappa shape index (κ3) is 2.64. The molecular weight excluding hydrogens is 136 g/mol. The molecule has 1 fully saturated rings. The summed E-state index contributed by atoms with van der Waals surface area (Å²) < 4.78 is 0. The Kier molecular flexibility index (Phi) is 3.60. The van der Waals surface area contributed by atoms with Gasteiger partial charge in [-0.1, -0.05) is 6.08 Å². The van der Waals surface area contributed by atoms with E-state index in [1.54, 1.807) is 0 Å². The Morgan fingerprint density at radius 3 is 2.82 bits per heavy atom. The summed E-state index contributed by atoms with van der Waals surface area (Å²) in [7, 11) is 2.20. The predicted molar refractivity (Wildman–Crippen MR) is 48.7 cm³/mol. The van der Waals surface area contributed by atoms with Crippen LogP contribution in [0.2, 0.25) is 0 Å². The number of hydrogen-bond acceptors (Lipinski definition) is 2. The van der Waals surface area contributed by atoms with Crippen LogP contribution in [-0.4, -0.2) is 37.6 Å². The number of nitrogens with one attached hydrogen (secondary N) is 1. The van der Waals surface area contributed by atoms with E-state index < -0.39 is 0 Å². The van der Waals surface area contributed by atoms with E-state index in [4.69, 9.17) is 0 Å². The van der Waals surface area contributed by atoms with Gasteiger partial charge in [-0.15, -0.1) is 6.58 Å². The van der Waals surface area contributed by atoms with Gasteiger partial charge in [-0.2, -0.15) is 0 Å². The lowest BCUT2D eigenvalue weighted by atomic mass is 10.1. The number of allylic oxidation sites excluding steroid dienone is 1. The molecule has 64 valence electrons. The molecule has 0 unspecified atom stereocenters. The zero-order chi connectivity index (χ0) is 8.10. The van der Waals surface area contributed by atoms with Crippen molar-refractivity contribution in [1.82, 2.24) is 10.2 Å². The molecule has 2 heteroatoms. The topological polar surface area (TPSA) is 15.3 Å². The molecule has 0 amide bonds. The first kappa shape index (κ1) is 8.75. The van der Waals surface area contributed by atoms with Gasteiger partial charge in [0.05, 0.1) is 0 Å². The summed E-state index contributed by atoms with van der Waals surface area (Å²) in [5.74, 6) is 0. The van der Waals surface area contributed by atoms with E-state index in [1.807, 2.05) is 6.08 Å². The van der Waals surface area contributed by atoms with Crippen molar-refractivity contribution < 1.29 is 0 Å². The summed E-state index contributed by atoms with van der Waals surface area (Å²) in [5, 5.41) is 3.27. The average Bonchev–Trinajstić information content (AvgIpc) is 1.84. The molecule has 0 aliphatic carbocycles. The molecule has 0 aromatic rings. The van der Waals surface area contributed by atoms with Crippen LogP contribution in [0.1, 0.15) is 12.8 Å². The van der Waals surface area contributed by atoms with Crippen LogP contribution in [0.4, 0.5) is 0 Å². The first-order valence-electron chi connectivity index (χ1n) is 4.36. The number of hydrogen-bond donors (Lipinski definition) is 1. The van der Waals surface area contributed by atoms with Crippen LogP contribution in [0.25, 0.3) is 0 Å². The van der Waals surface area contributed by atoms with Gasteiger partial charge in [0.2, 0.25) is 0 Å². The Balaban J connectivity index is 2.00. The molecule has 0 saturated carbocycles. The maximum atomic E-state index is 3.71. The summed E-state index contributed by atoms with van der Waals surface area (Å²) in [6.45, 7) is 7.25. The van der Waals surface area contributed by atoms with Crippen molar-refractivity contribution >= 4 is 0 Å². The Hall–Kier alpha value is -0.340. The zero-order valence-electron chi connectivity index (χ0n) is 7.34. The number of rotatable bonds is 5. The van der Waals surface area contributed by atoms with Crippen molar-refractivity contribution in [2.75, 3.05) is 26.7 Å². The fraction of sp³-hybridized carbons (Fsp3) is 0.778. The summed E-state index contributed by atoms with van der Waals surface area (Å²) >= 11 is 0. The second-order valence-electron chi connectivity index (χ2n) is 3.22. The number of nitrogens with zero attached hydrogens (tertiary/aromatic N) is 1. The molecular formula is C9H18N2. The molecule has 0 radical (unpaired) electrons. The molecule has 0 atom stereocenters. The van der Waals surface area contributed by atoms with E-state index in [0.717, 1.165) is 12.5 Å². The maximum Gasteiger partial charge on any atom is 0.0342 e. The van der Waals surface area contributed by atoms with Gasteiger partial charge >= 0.3 is 0 Å². The predicted octanol–water partition coefficient (Wildman–Crippen LogP) is 0.856. The van der Waals surface area contributed by atoms with Gasteiger partial charge in [0.1, 0.15) is 0 Å². The fourth-order valence-electron chi connectivity index (χ4n) is 1.25. The van der Waals surface area contributed by atoms with Crippen molar-refractivity contribution in [2.24, 2.45) is 0 Å². The average molecular weight is 154 g/mol. The van der Waals surface area contributed by atoms with Crippen molar-refractivity contribution in [3.05, 3.63) is 12.7 Å². The third-order valence-electron chi connectivity index (χ3n) is 2.30. The quantitative estimate of drug-likeness (QED) is 0.466. The monoisotopic (exact) mass is 154 g/mol. The number of likely N-dealkylation sites (N-methyl/N-ethyl adjacent to an activating group) is 1. The summed E-state index contributed by atoms with van der Waals surface area (Å²) in [6, 6.07) is 0.791. The van der Waals surface area contributed by atoms with Crippen molar-refractivity contribution in [1.29, 1.82) is 0 Å². The van der Waals surface area contributed by atoms with Crippen molar-refractivity contribution in [3.63, 3.8) is 0 Å². The van der Waals surface area contributed by atoms with E-state index in [0.29, 0.717) is 0 Å². The normalized spacial score (nSPS) is 18.4. The second kappa shape index (κ2) is 4.52. The highest BCUT2D eigenvalue weighted by Crippen LogP contribution is 2.03. The van der Waals surface area contributed by atoms with Crippen LogP contribution in [0.3, 0.4) is 0 Å². The largest absolute Gasteiger partial charge is 0.314 e. The molecule has 1 aliphatic rings. The van der Waals surface area contributed by atoms with Crippen LogP contribution in [0, 0.1) is 0 Å². The highest BCUT2D eigenvalue weighted by atomic mass is 15.2. The van der Waals surface area contributed by atoms with Crippen molar-refractivity contribution in [2.45, 2.75) is 18.9 Å². The van der Waals surface area contributed by atoms with E-state index in [2.05, 4.69) is 23.8 Å². The lowest BCUT2D eigenvalue weighted by Gasteiger charge is -2.35. The molecule has 1 rings (SSSR count). The van der Waals surface area contributed by atoms with E-state index in [-0.39, 0.29) is 0 Å². The Bertz CT molecular complexity index is 119. The minimum Gasteiger partial charge on any atom is -0.314 e. The smallest absolute Gasteiger partial charge is 0.0342 e. The van der Waals surface area contributed by atoms with E-state index in [1.165, 1.54) is 26.1 Å². The zero-order valence-corrected chi connectivity index (χ0v) is 7.34. The first-order valence-corrected chi connectivity index (χ1v) is 4.36. The first-order chi connectivity index (χ1) is 5.34. The molecule has 0 aromatic heterocycles. The summed E-state index contributed by atoms with van der Waals surface area (Å²) in [5.41, 5.74) is 0. The van der Waals surface area contributed by atoms with Gasteiger partial charge in [0.15, 0.2) is 0 Å². The van der Waals surface area contributed by atoms with Crippen LogP contribution in [-0.2, 0) is 0 Å². The van der Waals surface area contributed by atoms with Crippen LogP contribution in [0.5, 0.6) is 0 Å². The molecule has 11 heavy (non-hydrogen) atoms. The van der Waals surface area contributed by atoms with Gasteiger partial charge in [-0.3, -0.25) is 0 Å². The Labute approximate surface area is 69.3 Å². The van der Waals surface area contributed by atoms with Crippen LogP contribution >= 0.6 is 0 Å². The maximum absolute atomic E-state index is 3.71. The van der Waals surface area contributed by atoms with Crippen molar-refractivity contribution in [3.8, 4) is 0 Å². The van der Waals surface area contributed by atoms with Gasteiger partial charge in [-0.05, 0) is 26.4 Å². The minimum absolute atomic E-state index is 0.791. The molecule has 0 spiro atoms. The second-order valence-corrected chi connectivity index (χ2v) is 3.22. The highest BCUT2D eigenvalue weighted by molar-refractivity contribution is 4.82. The molecule has 2 nitrogen and oxygen atoms in total. The molecule has 1 saturated heterocycles. The highest BCUT2D eigenvalue weighted by Gasteiger charge is 2.20. The van der Waals surface area contributed by atoms with Gasteiger partial charge in [-0.25, -0.2) is 0 Å². The minimum atomic E-state index is 0.791. The third-order valence-corrected chi connectivity index (χ3v) is 2.30. The summed E-state index contributed by atoms with van der Waals surface area (Å²) in [6.07, 6.45) is 4.38. The van der Waals surface area contributed by atoms with Crippen LogP contribution < -0.4 is 5.32 Å². The number of unbranched alkanes of at least 4 members (excludes halogenated alkanes) is 1.